The van der Waals surface area contributed by atoms with Crippen molar-refractivity contribution in [3.63, 3.8) is 0 Å². The van der Waals surface area contributed by atoms with Crippen LogP contribution in [0.5, 0.6) is 0 Å². The highest BCUT2D eigenvalue weighted by molar-refractivity contribution is 6.09. The van der Waals surface area contributed by atoms with E-state index in [0.29, 0.717) is 0 Å². The molecule has 0 atom stereocenters. The Kier molecular flexibility index (Phi) is 6.91. The van der Waals surface area contributed by atoms with Gasteiger partial charge in [0.1, 0.15) is 0 Å². The zero-order chi connectivity index (χ0) is 34.8. The number of fused-ring (bicyclic) bond motifs is 7. The molecule has 0 bridgehead atoms. The van der Waals surface area contributed by atoms with Crippen LogP contribution in [0, 0.1) is 0 Å². The van der Waals surface area contributed by atoms with Crippen LogP contribution >= 0.6 is 0 Å². The van der Waals surface area contributed by atoms with Gasteiger partial charge in [-0.05, 0) is 108 Å². The molecule has 0 amide bonds. The Morgan fingerprint density at radius 1 is 0.346 bits per heavy atom. The standard InChI is InChI=1S/C51H37N/c1-51(2)48-32-38(43-21-12-17-34-15-6-8-18-41(34)43)25-28-46(48)47-30-27-40(33-49(47)51)52(50-22-11-10-20-45(50)35-13-4-3-5-14-35)39-26-29-44-37(31-39)24-23-36-16-7-9-19-42(36)44/h3-33H,1-2H3. The summed E-state index contributed by atoms with van der Waals surface area (Å²) in [6.45, 7) is 4.77. The van der Waals surface area contributed by atoms with Crippen LogP contribution in [0.4, 0.5) is 17.1 Å². The lowest BCUT2D eigenvalue weighted by atomic mass is 9.81. The van der Waals surface area contributed by atoms with Crippen LogP contribution in [0.3, 0.4) is 0 Å². The number of hydrogen-bond acceptors (Lipinski definition) is 1. The predicted octanol–water partition coefficient (Wildman–Crippen LogP) is 14.3. The number of anilines is 3. The molecule has 0 heterocycles. The first-order valence-corrected chi connectivity index (χ1v) is 18.2. The molecule has 0 fully saturated rings. The normalized spacial score (nSPS) is 13.0. The summed E-state index contributed by atoms with van der Waals surface area (Å²) in [7, 11) is 0. The minimum Gasteiger partial charge on any atom is -0.310 e. The van der Waals surface area contributed by atoms with E-state index in [4.69, 9.17) is 0 Å². The van der Waals surface area contributed by atoms with E-state index in [1.54, 1.807) is 0 Å². The van der Waals surface area contributed by atoms with Crippen molar-refractivity contribution in [2.75, 3.05) is 4.90 Å². The fraction of sp³-hybridized carbons (Fsp3) is 0.0588. The van der Waals surface area contributed by atoms with Crippen molar-refractivity contribution in [2.24, 2.45) is 0 Å². The van der Waals surface area contributed by atoms with Crippen LogP contribution in [0.1, 0.15) is 25.0 Å². The lowest BCUT2D eigenvalue weighted by molar-refractivity contribution is 0.660. The number of benzene rings is 9. The van der Waals surface area contributed by atoms with Crippen LogP contribution in [0.25, 0.3) is 65.7 Å². The molecule has 10 rings (SSSR count). The predicted molar refractivity (Wildman–Crippen MR) is 222 cm³/mol. The molecule has 0 aliphatic heterocycles. The van der Waals surface area contributed by atoms with Crippen LogP contribution in [0.15, 0.2) is 188 Å². The fourth-order valence-corrected chi connectivity index (χ4v) is 8.61. The highest BCUT2D eigenvalue weighted by Crippen LogP contribution is 2.52. The van der Waals surface area contributed by atoms with Gasteiger partial charge in [0, 0.05) is 22.4 Å². The van der Waals surface area contributed by atoms with Crippen LogP contribution in [0.2, 0.25) is 0 Å². The lowest BCUT2D eigenvalue weighted by Crippen LogP contribution is -2.17. The molecular formula is C51H37N. The van der Waals surface area contributed by atoms with Gasteiger partial charge in [0.05, 0.1) is 5.69 Å². The topological polar surface area (TPSA) is 3.24 Å². The number of para-hydroxylation sites is 1. The van der Waals surface area contributed by atoms with Gasteiger partial charge in [-0.15, -0.1) is 0 Å². The van der Waals surface area contributed by atoms with Gasteiger partial charge < -0.3 is 4.90 Å². The first-order chi connectivity index (χ1) is 25.5. The molecule has 0 saturated heterocycles. The maximum absolute atomic E-state index is 2.46. The van der Waals surface area contributed by atoms with E-state index < -0.39 is 0 Å². The summed E-state index contributed by atoms with van der Waals surface area (Å²) in [6.07, 6.45) is 0. The summed E-state index contributed by atoms with van der Waals surface area (Å²) in [5, 5.41) is 7.60. The second-order valence-corrected chi connectivity index (χ2v) is 14.6. The molecule has 1 aliphatic rings. The Morgan fingerprint density at radius 2 is 0.923 bits per heavy atom. The van der Waals surface area contributed by atoms with E-state index in [1.165, 1.54) is 76.8 Å². The second kappa shape index (κ2) is 11.8. The monoisotopic (exact) mass is 663 g/mol. The molecule has 0 unspecified atom stereocenters. The Bertz CT molecular complexity index is 2820. The maximum Gasteiger partial charge on any atom is 0.0540 e. The third-order valence-corrected chi connectivity index (χ3v) is 11.2. The molecule has 0 aromatic heterocycles. The molecule has 0 N–H and O–H groups in total. The van der Waals surface area contributed by atoms with E-state index in [-0.39, 0.29) is 5.41 Å². The molecule has 52 heavy (non-hydrogen) atoms. The van der Waals surface area contributed by atoms with E-state index in [0.717, 1.165) is 17.1 Å². The van der Waals surface area contributed by atoms with Gasteiger partial charge in [-0.3, -0.25) is 0 Å². The molecule has 9 aromatic carbocycles. The summed E-state index contributed by atoms with van der Waals surface area (Å²) in [6, 6.07) is 69.2. The molecule has 1 heteroatoms. The minimum atomic E-state index is -0.186. The van der Waals surface area contributed by atoms with Crippen molar-refractivity contribution in [3.8, 4) is 33.4 Å². The molecule has 0 saturated carbocycles. The molecule has 246 valence electrons. The third-order valence-electron chi connectivity index (χ3n) is 11.2. The highest BCUT2D eigenvalue weighted by atomic mass is 15.1. The average molecular weight is 664 g/mol. The SMILES string of the molecule is CC1(C)c2cc(-c3cccc4ccccc34)ccc2-c2ccc(N(c3ccc4c(ccc5ccccc54)c3)c3ccccc3-c3ccccc3)cc21. The largest absolute Gasteiger partial charge is 0.310 e. The second-order valence-electron chi connectivity index (χ2n) is 14.6. The van der Waals surface area contributed by atoms with Crippen LogP contribution in [-0.4, -0.2) is 0 Å². The summed E-state index contributed by atoms with van der Waals surface area (Å²) in [4.78, 5) is 2.46. The van der Waals surface area contributed by atoms with Crippen molar-refractivity contribution in [3.05, 3.63) is 199 Å². The smallest absolute Gasteiger partial charge is 0.0540 e. The molecular weight excluding hydrogens is 627 g/mol. The van der Waals surface area contributed by atoms with E-state index in [9.17, 15) is 0 Å². The summed E-state index contributed by atoms with van der Waals surface area (Å²) < 4.78 is 0. The summed E-state index contributed by atoms with van der Waals surface area (Å²) >= 11 is 0. The third kappa shape index (κ3) is 4.77. The summed E-state index contributed by atoms with van der Waals surface area (Å²) in [5.74, 6) is 0. The summed E-state index contributed by atoms with van der Waals surface area (Å²) in [5.41, 5.74) is 13.6. The zero-order valence-electron chi connectivity index (χ0n) is 29.3. The zero-order valence-corrected chi connectivity index (χ0v) is 29.3. The minimum absolute atomic E-state index is 0.186. The Hall–Kier alpha value is -6.44. The number of nitrogens with zero attached hydrogens (tertiary/aromatic N) is 1. The first-order valence-electron chi connectivity index (χ1n) is 18.2. The van der Waals surface area contributed by atoms with E-state index in [2.05, 4.69) is 207 Å². The Balaban J connectivity index is 1.14. The van der Waals surface area contributed by atoms with Gasteiger partial charge >= 0.3 is 0 Å². The Labute approximate surface area is 305 Å². The van der Waals surface area contributed by atoms with Crippen molar-refractivity contribution in [2.45, 2.75) is 19.3 Å². The highest BCUT2D eigenvalue weighted by Gasteiger charge is 2.36. The van der Waals surface area contributed by atoms with E-state index in [1.807, 2.05) is 0 Å². The van der Waals surface area contributed by atoms with Gasteiger partial charge in [-0.2, -0.15) is 0 Å². The van der Waals surface area contributed by atoms with Crippen molar-refractivity contribution >= 4 is 49.4 Å². The Morgan fingerprint density at radius 3 is 1.77 bits per heavy atom. The molecule has 9 aromatic rings. The van der Waals surface area contributed by atoms with Crippen LogP contribution in [-0.2, 0) is 5.41 Å². The molecule has 1 aliphatic carbocycles. The molecule has 0 spiro atoms. The van der Waals surface area contributed by atoms with Gasteiger partial charge in [-0.1, -0.05) is 166 Å². The van der Waals surface area contributed by atoms with Gasteiger partial charge in [0.15, 0.2) is 0 Å². The maximum atomic E-state index is 2.46. The quantitative estimate of drug-likeness (QED) is 0.166. The first kappa shape index (κ1) is 30.4. The van der Waals surface area contributed by atoms with Crippen molar-refractivity contribution in [1.82, 2.24) is 0 Å². The van der Waals surface area contributed by atoms with Gasteiger partial charge in [0.25, 0.3) is 0 Å². The van der Waals surface area contributed by atoms with Crippen LogP contribution < -0.4 is 4.90 Å². The van der Waals surface area contributed by atoms with Crippen molar-refractivity contribution in [1.29, 1.82) is 0 Å². The van der Waals surface area contributed by atoms with E-state index >= 15 is 0 Å². The van der Waals surface area contributed by atoms with Crippen molar-refractivity contribution < 1.29 is 0 Å². The number of rotatable bonds is 5. The fourth-order valence-electron chi connectivity index (χ4n) is 8.61. The number of hydrogen-bond donors (Lipinski definition) is 0. The lowest BCUT2D eigenvalue weighted by Gasteiger charge is -2.30. The van der Waals surface area contributed by atoms with Gasteiger partial charge in [0.2, 0.25) is 0 Å². The average Bonchev–Trinajstić information content (AvgIpc) is 3.43. The molecule has 0 radical (unpaired) electrons. The molecule has 1 nitrogen and oxygen atoms in total. The van der Waals surface area contributed by atoms with Gasteiger partial charge in [-0.25, -0.2) is 0 Å².